The van der Waals surface area contributed by atoms with Gasteiger partial charge in [-0.15, -0.1) is 5.11 Å². The van der Waals surface area contributed by atoms with Crippen molar-refractivity contribution in [2.75, 3.05) is 13.3 Å². The van der Waals surface area contributed by atoms with Gasteiger partial charge in [-0.25, -0.2) is 5.01 Å². The van der Waals surface area contributed by atoms with E-state index in [1.807, 2.05) is 6.92 Å². The van der Waals surface area contributed by atoms with Gasteiger partial charge in [0.1, 0.15) is 6.73 Å². The van der Waals surface area contributed by atoms with E-state index in [1.54, 1.807) is 29.3 Å². The zero-order valence-electron chi connectivity index (χ0n) is 9.00. The van der Waals surface area contributed by atoms with Gasteiger partial charge in [0, 0.05) is 0 Å². The molecule has 5 nitrogen and oxygen atoms in total. The molecule has 1 fully saturated rings. The van der Waals surface area contributed by atoms with Crippen molar-refractivity contribution < 1.29 is 4.74 Å². The molecular weight excluding hydrogens is 204 g/mol. The van der Waals surface area contributed by atoms with Crippen LogP contribution in [0.25, 0.3) is 0 Å². The summed E-state index contributed by atoms with van der Waals surface area (Å²) in [5.74, 6) is 0. The largest absolute Gasteiger partial charge is 0.357 e. The van der Waals surface area contributed by atoms with Gasteiger partial charge in [0.15, 0.2) is 0 Å². The molecule has 1 unspecified atom stereocenters. The number of nitrogens with zero attached hydrogens (tertiary/aromatic N) is 4. The quantitative estimate of drug-likeness (QED) is 0.712. The first-order valence-corrected chi connectivity index (χ1v) is 5.06. The maximum atomic E-state index is 8.64. The highest BCUT2D eigenvalue weighted by atomic mass is 16.5. The van der Waals surface area contributed by atoms with E-state index >= 15 is 0 Å². The molecule has 1 aliphatic heterocycles. The van der Waals surface area contributed by atoms with Crippen molar-refractivity contribution in [1.82, 2.24) is 5.01 Å². The molecule has 82 valence electrons. The Morgan fingerprint density at radius 2 is 2.19 bits per heavy atom. The average molecular weight is 216 g/mol. The highest BCUT2D eigenvalue weighted by Gasteiger charge is 2.18. The van der Waals surface area contributed by atoms with Crippen LogP contribution in [0, 0.1) is 11.3 Å². The van der Waals surface area contributed by atoms with Crippen molar-refractivity contribution in [3.63, 3.8) is 0 Å². The van der Waals surface area contributed by atoms with Crippen molar-refractivity contribution >= 4 is 5.69 Å². The highest BCUT2D eigenvalue weighted by molar-refractivity contribution is 5.41. The summed E-state index contributed by atoms with van der Waals surface area (Å²) in [5.41, 5.74) is 1.36. The minimum atomic E-state index is 0.266. The van der Waals surface area contributed by atoms with E-state index in [0.29, 0.717) is 18.9 Å². The SMILES string of the molecule is CC1COCN1N=Nc1ccc(C#N)cc1. The fraction of sp³-hybridized carbons (Fsp3) is 0.364. The van der Waals surface area contributed by atoms with E-state index in [0.717, 1.165) is 5.69 Å². The topological polar surface area (TPSA) is 61.0 Å². The van der Waals surface area contributed by atoms with Crippen LogP contribution in [0.15, 0.2) is 34.6 Å². The van der Waals surface area contributed by atoms with Crippen molar-refractivity contribution in [2.45, 2.75) is 13.0 Å². The lowest BCUT2D eigenvalue weighted by molar-refractivity contribution is 0.136. The van der Waals surface area contributed by atoms with E-state index in [1.165, 1.54) is 0 Å². The summed E-state index contributed by atoms with van der Waals surface area (Å²) in [6.45, 7) is 3.21. The van der Waals surface area contributed by atoms with Crippen LogP contribution in [-0.2, 0) is 4.74 Å². The zero-order valence-corrected chi connectivity index (χ0v) is 9.00. The molecule has 0 bridgehead atoms. The Bertz CT molecular complexity index is 421. The molecule has 0 aromatic heterocycles. The van der Waals surface area contributed by atoms with Gasteiger partial charge in [-0.3, -0.25) is 0 Å². The van der Waals surface area contributed by atoms with Gasteiger partial charge in [-0.05, 0) is 31.2 Å². The molecule has 0 aliphatic carbocycles. The Labute approximate surface area is 93.9 Å². The van der Waals surface area contributed by atoms with Crippen molar-refractivity contribution in [3.05, 3.63) is 29.8 Å². The predicted octanol–water partition coefficient (Wildman–Crippen LogP) is 2.24. The molecule has 2 rings (SSSR count). The van der Waals surface area contributed by atoms with Crippen molar-refractivity contribution in [2.24, 2.45) is 10.3 Å². The second-order valence-electron chi connectivity index (χ2n) is 3.64. The van der Waals surface area contributed by atoms with Crippen LogP contribution >= 0.6 is 0 Å². The third-order valence-electron chi connectivity index (χ3n) is 2.36. The van der Waals surface area contributed by atoms with Crippen LogP contribution in [-0.4, -0.2) is 24.4 Å². The molecule has 5 heteroatoms. The third-order valence-corrected chi connectivity index (χ3v) is 2.36. The molecule has 1 atom stereocenters. The Kier molecular flexibility index (Phi) is 3.13. The zero-order chi connectivity index (χ0) is 11.4. The maximum Gasteiger partial charge on any atom is 0.137 e. The fourth-order valence-corrected chi connectivity index (χ4v) is 1.36. The Balaban J connectivity index is 2.03. The summed E-state index contributed by atoms with van der Waals surface area (Å²) < 4.78 is 5.22. The smallest absolute Gasteiger partial charge is 0.137 e. The van der Waals surface area contributed by atoms with Gasteiger partial charge in [-0.2, -0.15) is 5.26 Å². The van der Waals surface area contributed by atoms with Gasteiger partial charge in [0.05, 0.1) is 30.0 Å². The van der Waals surface area contributed by atoms with E-state index in [9.17, 15) is 0 Å². The Morgan fingerprint density at radius 3 is 2.75 bits per heavy atom. The van der Waals surface area contributed by atoms with Crippen molar-refractivity contribution in [3.8, 4) is 6.07 Å². The standard InChI is InChI=1S/C11H12N4O/c1-9-7-16-8-15(9)14-13-11-4-2-10(6-12)3-5-11/h2-5,9H,7-8H2,1H3. The number of hydrogen-bond acceptors (Lipinski definition) is 4. The maximum absolute atomic E-state index is 8.64. The van der Waals surface area contributed by atoms with E-state index in [2.05, 4.69) is 16.4 Å². The molecule has 0 N–H and O–H groups in total. The Hall–Kier alpha value is -1.93. The molecule has 1 aromatic rings. The molecule has 1 heterocycles. The molecule has 0 amide bonds. The molecule has 0 spiro atoms. The summed E-state index contributed by atoms with van der Waals surface area (Å²) >= 11 is 0. The first-order chi connectivity index (χ1) is 7.79. The fourth-order valence-electron chi connectivity index (χ4n) is 1.36. The first kappa shape index (κ1) is 10.6. The molecular formula is C11H12N4O. The highest BCUT2D eigenvalue weighted by Crippen LogP contribution is 2.16. The monoisotopic (exact) mass is 216 g/mol. The molecule has 16 heavy (non-hydrogen) atoms. The molecule has 1 saturated heterocycles. The number of ether oxygens (including phenoxy) is 1. The van der Waals surface area contributed by atoms with Crippen LogP contribution in [0.5, 0.6) is 0 Å². The minimum Gasteiger partial charge on any atom is -0.357 e. The second kappa shape index (κ2) is 4.73. The van der Waals surface area contributed by atoms with Crippen LogP contribution < -0.4 is 0 Å². The van der Waals surface area contributed by atoms with Gasteiger partial charge in [0.25, 0.3) is 0 Å². The summed E-state index contributed by atoms with van der Waals surface area (Å²) in [7, 11) is 0. The lowest BCUT2D eigenvalue weighted by Crippen LogP contribution is -2.21. The van der Waals surface area contributed by atoms with E-state index < -0.39 is 0 Å². The second-order valence-corrected chi connectivity index (χ2v) is 3.64. The normalized spacial score (nSPS) is 20.2. The lowest BCUT2D eigenvalue weighted by Gasteiger charge is -2.11. The van der Waals surface area contributed by atoms with E-state index in [-0.39, 0.29) is 6.04 Å². The van der Waals surface area contributed by atoms with Crippen LogP contribution in [0.3, 0.4) is 0 Å². The van der Waals surface area contributed by atoms with Crippen LogP contribution in [0.1, 0.15) is 12.5 Å². The molecule has 1 aromatic carbocycles. The molecule has 0 radical (unpaired) electrons. The third kappa shape index (κ3) is 2.35. The summed E-state index contributed by atoms with van der Waals surface area (Å²) in [5, 5.41) is 18.6. The summed E-state index contributed by atoms with van der Waals surface area (Å²) in [6, 6.07) is 9.30. The number of nitriles is 1. The van der Waals surface area contributed by atoms with Gasteiger partial charge in [-0.1, -0.05) is 5.22 Å². The van der Waals surface area contributed by atoms with Crippen LogP contribution in [0.2, 0.25) is 0 Å². The number of benzene rings is 1. The molecule has 1 aliphatic rings. The summed E-state index contributed by atoms with van der Waals surface area (Å²) in [6.07, 6.45) is 0. The van der Waals surface area contributed by atoms with Crippen molar-refractivity contribution in [1.29, 1.82) is 5.26 Å². The predicted molar refractivity (Wildman–Crippen MR) is 57.8 cm³/mol. The first-order valence-electron chi connectivity index (χ1n) is 5.06. The summed E-state index contributed by atoms with van der Waals surface area (Å²) in [4.78, 5) is 0. The number of rotatable bonds is 2. The Morgan fingerprint density at radius 1 is 1.44 bits per heavy atom. The van der Waals surface area contributed by atoms with Gasteiger partial charge >= 0.3 is 0 Å². The lowest BCUT2D eigenvalue weighted by atomic mass is 10.2. The van der Waals surface area contributed by atoms with E-state index in [4.69, 9.17) is 10.00 Å². The average Bonchev–Trinajstić information content (AvgIpc) is 2.73. The molecule has 0 saturated carbocycles. The van der Waals surface area contributed by atoms with Gasteiger partial charge < -0.3 is 4.74 Å². The number of hydrogen-bond donors (Lipinski definition) is 0. The van der Waals surface area contributed by atoms with Gasteiger partial charge in [0.2, 0.25) is 0 Å². The van der Waals surface area contributed by atoms with Crippen LogP contribution in [0.4, 0.5) is 5.69 Å². The minimum absolute atomic E-state index is 0.266.